The van der Waals surface area contributed by atoms with Crippen LogP contribution in [0.3, 0.4) is 0 Å². The fraction of sp³-hybridized carbons (Fsp3) is 0.333. The number of nitrogens with one attached hydrogen (secondary N) is 2. The largest absolute Gasteiger partial charge is 0.481 e. The van der Waals surface area contributed by atoms with Gasteiger partial charge in [-0.2, -0.15) is 0 Å². The molecule has 1 unspecified atom stereocenters. The van der Waals surface area contributed by atoms with Gasteiger partial charge in [-0.15, -0.1) is 0 Å². The SMILES string of the molecule is COc1cccc(C2Nc3ccc(Cl)nc3C(=O)N2CC(=O)NC(C)C)n1. The molecule has 1 aliphatic rings. The fourth-order valence-electron chi connectivity index (χ4n) is 2.81. The summed E-state index contributed by atoms with van der Waals surface area (Å²) in [5.74, 6) is -0.272. The van der Waals surface area contributed by atoms with Crippen molar-refractivity contribution in [3.63, 3.8) is 0 Å². The van der Waals surface area contributed by atoms with Crippen LogP contribution < -0.4 is 15.4 Å². The van der Waals surface area contributed by atoms with Gasteiger partial charge in [0.25, 0.3) is 5.91 Å². The number of methoxy groups -OCH3 is 1. The minimum Gasteiger partial charge on any atom is -0.481 e. The third-order valence-electron chi connectivity index (χ3n) is 3.93. The van der Waals surface area contributed by atoms with Crippen LogP contribution in [-0.4, -0.2) is 46.4 Å². The predicted molar refractivity (Wildman–Crippen MR) is 101 cm³/mol. The molecule has 27 heavy (non-hydrogen) atoms. The highest BCUT2D eigenvalue weighted by Gasteiger charge is 2.36. The van der Waals surface area contributed by atoms with Gasteiger partial charge in [-0.05, 0) is 32.0 Å². The van der Waals surface area contributed by atoms with E-state index < -0.39 is 12.1 Å². The molecule has 0 saturated carbocycles. The highest BCUT2D eigenvalue weighted by Crippen LogP contribution is 2.32. The van der Waals surface area contributed by atoms with E-state index in [1.165, 1.54) is 12.0 Å². The first-order chi connectivity index (χ1) is 12.9. The van der Waals surface area contributed by atoms with Crippen LogP contribution in [0.2, 0.25) is 5.15 Å². The van der Waals surface area contributed by atoms with Gasteiger partial charge in [0.2, 0.25) is 11.8 Å². The number of halogens is 1. The molecule has 0 spiro atoms. The van der Waals surface area contributed by atoms with Crippen molar-refractivity contribution in [3.05, 3.63) is 46.9 Å². The molecule has 2 N–H and O–H groups in total. The van der Waals surface area contributed by atoms with E-state index in [-0.39, 0.29) is 29.3 Å². The maximum absolute atomic E-state index is 13.1. The number of amides is 2. The van der Waals surface area contributed by atoms with Crippen molar-refractivity contribution in [1.29, 1.82) is 0 Å². The number of aromatic nitrogens is 2. The lowest BCUT2D eigenvalue weighted by Crippen LogP contribution is -2.49. The molecule has 2 amide bonds. The Morgan fingerprint density at radius 1 is 1.33 bits per heavy atom. The first-order valence-electron chi connectivity index (χ1n) is 8.43. The quantitative estimate of drug-likeness (QED) is 0.761. The third-order valence-corrected chi connectivity index (χ3v) is 4.14. The topological polar surface area (TPSA) is 96.5 Å². The molecule has 8 nitrogen and oxygen atoms in total. The number of nitrogens with zero attached hydrogens (tertiary/aromatic N) is 3. The van der Waals surface area contributed by atoms with Crippen molar-refractivity contribution in [2.75, 3.05) is 19.0 Å². The van der Waals surface area contributed by atoms with E-state index in [4.69, 9.17) is 16.3 Å². The molecule has 2 aromatic rings. The molecule has 3 rings (SSSR count). The zero-order valence-electron chi connectivity index (χ0n) is 15.2. The fourth-order valence-corrected chi connectivity index (χ4v) is 2.96. The summed E-state index contributed by atoms with van der Waals surface area (Å²) in [6, 6.07) is 8.47. The number of carbonyl (C=O) groups is 2. The number of ether oxygens (including phenoxy) is 1. The van der Waals surface area contributed by atoms with E-state index in [1.807, 2.05) is 13.8 Å². The lowest BCUT2D eigenvalue weighted by atomic mass is 10.1. The first kappa shape index (κ1) is 18.9. The number of fused-ring (bicyclic) bond motifs is 1. The Labute approximate surface area is 161 Å². The molecular weight excluding hydrogens is 370 g/mol. The van der Waals surface area contributed by atoms with Gasteiger partial charge >= 0.3 is 0 Å². The van der Waals surface area contributed by atoms with Crippen molar-refractivity contribution in [2.45, 2.75) is 26.1 Å². The van der Waals surface area contributed by atoms with Crippen molar-refractivity contribution < 1.29 is 14.3 Å². The zero-order chi connectivity index (χ0) is 19.6. The number of hydrogen-bond donors (Lipinski definition) is 2. The molecule has 9 heteroatoms. The van der Waals surface area contributed by atoms with Crippen molar-refractivity contribution >= 4 is 29.1 Å². The summed E-state index contributed by atoms with van der Waals surface area (Å²) >= 11 is 5.94. The van der Waals surface area contributed by atoms with Gasteiger partial charge in [0.05, 0.1) is 18.5 Å². The second-order valence-electron chi connectivity index (χ2n) is 6.34. The number of hydrogen-bond acceptors (Lipinski definition) is 6. The van der Waals surface area contributed by atoms with Crippen LogP contribution in [0.25, 0.3) is 0 Å². The van der Waals surface area contributed by atoms with Crippen LogP contribution in [-0.2, 0) is 4.79 Å². The normalized spacial score (nSPS) is 16.0. The maximum atomic E-state index is 13.1. The smallest absolute Gasteiger partial charge is 0.277 e. The highest BCUT2D eigenvalue weighted by molar-refractivity contribution is 6.29. The Morgan fingerprint density at radius 3 is 2.81 bits per heavy atom. The van der Waals surface area contributed by atoms with Gasteiger partial charge in [0.15, 0.2) is 5.69 Å². The lowest BCUT2D eigenvalue weighted by Gasteiger charge is -2.36. The van der Waals surface area contributed by atoms with Crippen LogP contribution >= 0.6 is 11.6 Å². The molecule has 0 radical (unpaired) electrons. The van der Waals surface area contributed by atoms with Gasteiger partial charge in [0, 0.05) is 12.1 Å². The minimum atomic E-state index is -0.652. The van der Waals surface area contributed by atoms with Gasteiger partial charge in [-0.1, -0.05) is 17.7 Å². The van der Waals surface area contributed by atoms with E-state index in [9.17, 15) is 9.59 Å². The summed E-state index contributed by atoms with van der Waals surface area (Å²) in [6.07, 6.45) is -0.652. The summed E-state index contributed by atoms with van der Waals surface area (Å²) in [5.41, 5.74) is 1.24. The lowest BCUT2D eigenvalue weighted by molar-refractivity contribution is -0.122. The van der Waals surface area contributed by atoms with E-state index in [0.29, 0.717) is 17.3 Å². The van der Waals surface area contributed by atoms with Crippen molar-refractivity contribution in [2.24, 2.45) is 0 Å². The standard InChI is InChI=1S/C18H20ClN5O3/c1-10(2)20-14(25)9-24-17(12-5-4-6-15(21-12)27-3)22-11-7-8-13(19)23-16(11)18(24)26/h4-8,10,17,22H,9H2,1-3H3,(H,20,25). The molecule has 0 aromatic carbocycles. The third kappa shape index (κ3) is 4.11. The van der Waals surface area contributed by atoms with Gasteiger partial charge in [-0.25, -0.2) is 9.97 Å². The summed E-state index contributed by atoms with van der Waals surface area (Å²) < 4.78 is 5.18. The molecule has 0 fully saturated rings. The molecule has 142 valence electrons. The van der Waals surface area contributed by atoms with Crippen molar-refractivity contribution in [3.8, 4) is 5.88 Å². The van der Waals surface area contributed by atoms with Gasteiger partial charge in [-0.3, -0.25) is 9.59 Å². The second-order valence-corrected chi connectivity index (χ2v) is 6.72. The van der Waals surface area contributed by atoms with Crippen LogP contribution in [0.15, 0.2) is 30.3 Å². The van der Waals surface area contributed by atoms with Crippen LogP contribution in [0.1, 0.15) is 36.2 Å². The van der Waals surface area contributed by atoms with Gasteiger partial charge < -0.3 is 20.3 Å². The van der Waals surface area contributed by atoms with E-state index >= 15 is 0 Å². The van der Waals surface area contributed by atoms with Gasteiger partial charge in [0.1, 0.15) is 17.9 Å². The summed E-state index contributed by atoms with van der Waals surface area (Å²) in [4.78, 5) is 35.3. The summed E-state index contributed by atoms with van der Waals surface area (Å²) in [5, 5.41) is 6.21. The summed E-state index contributed by atoms with van der Waals surface area (Å²) in [6.45, 7) is 3.55. The van der Waals surface area contributed by atoms with E-state index in [1.54, 1.807) is 30.3 Å². The van der Waals surface area contributed by atoms with Crippen LogP contribution in [0, 0.1) is 0 Å². The average molecular weight is 390 g/mol. The predicted octanol–water partition coefficient (Wildman–Crippen LogP) is 2.23. The Kier molecular flexibility index (Phi) is 5.46. The molecule has 1 aliphatic heterocycles. The zero-order valence-corrected chi connectivity index (χ0v) is 15.9. The summed E-state index contributed by atoms with van der Waals surface area (Å²) in [7, 11) is 1.51. The molecule has 3 heterocycles. The maximum Gasteiger partial charge on any atom is 0.277 e. The van der Waals surface area contributed by atoms with E-state index in [2.05, 4.69) is 20.6 Å². The molecule has 0 bridgehead atoms. The molecule has 2 aromatic heterocycles. The highest BCUT2D eigenvalue weighted by atomic mass is 35.5. The minimum absolute atomic E-state index is 0.0430. The molecular formula is C18H20ClN5O3. The van der Waals surface area contributed by atoms with Crippen LogP contribution in [0.4, 0.5) is 5.69 Å². The monoisotopic (exact) mass is 389 g/mol. The molecule has 1 atom stereocenters. The van der Waals surface area contributed by atoms with E-state index in [0.717, 1.165) is 0 Å². The first-order valence-corrected chi connectivity index (χ1v) is 8.81. The Balaban J connectivity index is 2.00. The molecule has 0 aliphatic carbocycles. The Hall–Kier alpha value is -2.87. The number of pyridine rings is 2. The second kappa shape index (κ2) is 7.79. The number of anilines is 1. The van der Waals surface area contributed by atoms with Crippen molar-refractivity contribution in [1.82, 2.24) is 20.2 Å². The average Bonchev–Trinajstić information content (AvgIpc) is 2.63. The molecule has 0 saturated heterocycles. The van der Waals surface area contributed by atoms with Crippen LogP contribution in [0.5, 0.6) is 5.88 Å². The Morgan fingerprint density at radius 2 is 2.11 bits per heavy atom. The number of carbonyl (C=O) groups excluding carboxylic acids is 2. The number of rotatable bonds is 5. The Bertz CT molecular complexity index is 874.